The van der Waals surface area contributed by atoms with Gasteiger partial charge in [0.2, 0.25) is 0 Å². The van der Waals surface area contributed by atoms with Gasteiger partial charge in [-0.2, -0.15) is 0 Å². The van der Waals surface area contributed by atoms with E-state index in [4.69, 9.17) is 9.47 Å². The predicted octanol–water partition coefficient (Wildman–Crippen LogP) is 14.3. The molecular formula is C66H40B2N4O2. The molecule has 2 aromatic heterocycles. The lowest BCUT2D eigenvalue weighted by molar-refractivity contribution is 0.487. The Morgan fingerprint density at radius 1 is 0.311 bits per heavy atom. The summed E-state index contributed by atoms with van der Waals surface area (Å²) in [7, 11) is 0. The van der Waals surface area contributed by atoms with E-state index < -0.39 is 0 Å². The quantitative estimate of drug-likeness (QED) is 0.156. The van der Waals surface area contributed by atoms with E-state index in [2.05, 4.69) is 261 Å². The van der Waals surface area contributed by atoms with E-state index in [-0.39, 0.29) is 13.7 Å². The van der Waals surface area contributed by atoms with Crippen LogP contribution >= 0.6 is 0 Å². The Balaban J connectivity index is 1.09. The topological polar surface area (TPSA) is 34.8 Å². The van der Waals surface area contributed by atoms with Crippen molar-refractivity contribution in [2.24, 2.45) is 0 Å². The zero-order valence-corrected chi connectivity index (χ0v) is 39.9. The van der Waals surface area contributed by atoms with Crippen LogP contribution in [-0.4, -0.2) is 22.7 Å². The number of fused-ring (bicyclic) bond motifs is 16. The van der Waals surface area contributed by atoms with E-state index >= 15 is 0 Å². The molecule has 0 unspecified atom stereocenters. The number of rotatable bonds is 6. The lowest BCUT2D eigenvalue weighted by atomic mass is 9.45. The number of para-hydroxylation sites is 7. The van der Waals surface area contributed by atoms with Crippen molar-refractivity contribution in [3.63, 3.8) is 0 Å². The van der Waals surface area contributed by atoms with Crippen LogP contribution in [0.5, 0.6) is 23.0 Å². The monoisotopic (exact) mass is 942 g/mol. The molecule has 0 saturated heterocycles. The van der Waals surface area contributed by atoms with Gasteiger partial charge in [0, 0.05) is 100 Å². The molecule has 4 aliphatic rings. The summed E-state index contributed by atoms with van der Waals surface area (Å²) in [6, 6.07) is 87.9. The molecule has 0 radical (unpaired) electrons. The molecule has 0 atom stereocenters. The molecule has 342 valence electrons. The van der Waals surface area contributed by atoms with Crippen molar-refractivity contribution in [3.05, 3.63) is 243 Å². The van der Waals surface area contributed by atoms with Crippen LogP contribution in [0.1, 0.15) is 0 Å². The zero-order valence-electron chi connectivity index (χ0n) is 39.9. The number of nitrogens with zero attached hydrogens (tertiary/aromatic N) is 4. The minimum Gasteiger partial charge on any atom is -0.458 e. The van der Waals surface area contributed by atoms with Gasteiger partial charge in [0.05, 0.1) is 5.69 Å². The van der Waals surface area contributed by atoms with Gasteiger partial charge in [-0.15, -0.1) is 0 Å². The second kappa shape index (κ2) is 14.9. The molecule has 17 rings (SSSR count). The van der Waals surface area contributed by atoms with E-state index in [1.807, 2.05) is 0 Å². The average molecular weight is 943 g/mol. The maximum atomic E-state index is 7.27. The third-order valence-electron chi connectivity index (χ3n) is 16.1. The number of hydrogen-bond acceptors (Lipinski definition) is 4. The third kappa shape index (κ3) is 5.30. The summed E-state index contributed by atoms with van der Waals surface area (Å²) in [5.74, 6) is 3.51. The van der Waals surface area contributed by atoms with Crippen molar-refractivity contribution >= 4 is 113 Å². The van der Waals surface area contributed by atoms with Gasteiger partial charge in [0.15, 0.2) is 0 Å². The fourth-order valence-corrected chi connectivity index (χ4v) is 13.3. The summed E-state index contributed by atoms with van der Waals surface area (Å²) in [5, 5.41) is 4.87. The number of anilines is 6. The molecule has 4 aliphatic heterocycles. The second-order valence-electron chi connectivity index (χ2n) is 19.9. The summed E-state index contributed by atoms with van der Waals surface area (Å²) < 4.78 is 19.5. The Kier molecular flexibility index (Phi) is 8.08. The van der Waals surface area contributed by atoms with E-state index in [1.54, 1.807) is 0 Å². The number of benzene rings is 11. The van der Waals surface area contributed by atoms with Gasteiger partial charge in [0.25, 0.3) is 0 Å². The lowest BCUT2D eigenvalue weighted by Crippen LogP contribution is -2.54. The first-order chi connectivity index (χ1) is 36.8. The molecule has 0 spiro atoms. The summed E-state index contributed by atoms with van der Waals surface area (Å²) in [6.07, 6.45) is 0. The van der Waals surface area contributed by atoms with E-state index in [9.17, 15) is 0 Å². The van der Waals surface area contributed by atoms with Crippen LogP contribution in [0.4, 0.5) is 34.1 Å². The van der Waals surface area contributed by atoms with Crippen LogP contribution in [0.25, 0.3) is 65.9 Å². The first kappa shape index (κ1) is 40.0. The fraction of sp³-hybridized carbons (Fsp3) is 0. The van der Waals surface area contributed by atoms with E-state index in [1.165, 1.54) is 71.3 Å². The Morgan fingerprint density at radius 2 is 0.770 bits per heavy atom. The van der Waals surface area contributed by atoms with Gasteiger partial charge in [-0.05, 0) is 119 Å². The highest BCUT2D eigenvalue weighted by atomic mass is 16.5. The van der Waals surface area contributed by atoms with Crippen LogP contribution in [0.15, 0.2) is 243 Å². The van der Waals surface area contributed by atoms with Gasteiger partial charge < -0.3 is 28.2 Å². The first-order valence-corrected chi connectivity index (χ1v) is 25.5. The van der Waals surface area contributed by atoms with Gasteiger partial charge in [0.1, 0.15) is 23.0 Å². The lowest BCUT2D eigenvalue weighted by Gasteiger charge is -2.37. The molecule has 11 aromatic carbocycles. The molecule has 0 aliphatic carbocycles. The van der Waals surface area contributed by atoms with Gasteiger partial charge in [-0.3, -0.25) is 0 Å². The van der Waals surface area contributed by atoms with Crippen LogP contribution < -0.4 is 41.1 Å². The largest absolute Gasteiger partial charge is 0.458 e. The molecular weight excluding hydrogens is 902 g/mol. The summed E-state index contributed by atoms with van der Waals surface area (Å²) in [4.78, 5) is 4.76. The predicted molar refractivity (Wildman–Crippen MR) is 307 cm³/mol. The third-order valence-corrected chi connectivity index (χ3v) is 16.1. The van der Waals surface area contributed by atoms with Crippen molar-refractivity contribution < 1.29 is 9.47 Å². The van der Waals surface area contributed by atoms with Crippen LogP contribution in [-0.2, 0) is 0 Å². The summed E-state index contributed by atoms with van der Waals surface area (Å²) in [5.41, 5.74) is 20.7. The van der Waals surface area contributed by atoms with Crippen molar-refractivity contribution in [2.45, 2.75) is 0 Å². The van der Waals surface area contributed by atoms with Crippen molar-refractivity contribution in [2.75, 3.05) is 9.80 Å². The Bertz CT molecular complexity index is 4440. The Labute approximate surface area is 427 Å². The molecule has 6 nitrogen and oxygen atoms in total. The van der Waals surface area contributed by atoms with Crippen LogP contribution in [0, 0.1) is 0 Å². The van der Waals surface area contributed by atoms with E-state index in [0.29, 0.717) is 0 Å². The molecule has 13 aromatic rings. The smallest absolute Gasteiger partial charge is 0.336 e. The number of ether oxygens (including phenoxy) is 2. The molecule has 0 saturated carbocycles. The zero-order chi connectivity index (χ0) is 48.2. The molecule has 0 N–H and O–H groups in total. The highest BCUT2D eigenvalue weighted by molar-refractivity contribution is 6.90. The standard InChI is InChI=1S/C66H40B2N4O2/c1-5-20-41(21-6-1)69(42-22-7-2-8-23-42)45-36-37-54-49(38-45)61-60-48-29-19-35-57-63(48)67(51-30-14-17-33-55(51)73-57)71-53-32-16-13-28-47(53)59(65(60)71)62-50-39-46(70(43-24-9-3-10-25-43)44-26-11-4-12-27-44)40-58-64(50)68(72(54)66(61)62)52-31-15-18-34-56(52)74-58/h1-40H. The maximum Gasteiger partial charge on any atom is 0.336 e. The van der Waals surface area contributed by atoms with Gasteiger partial charge in [-0.1, -0.05) is 140 Å². The molecule has 6 heterocycles. The molecule has 0 fully saturated rings. The highest BCUT2D eigenvalue weighted by Crippen LogP contribution is 2.56. The SMILES string of the molecule is c1ccc(N(c2ccccc2)c2cc3c4c(c2)-c2c5c6ccccc6n6c5c(c5c7cc(N(c8ccccc8)c8ccccc8)ccc7n(c25)B4c2ccccc2O3)-c2cccc3c2B6c2ccccc2O3)cc1. The minimum absolute atomic E-state index is 0.125. The van der Waals surface area contributed by atoms with Gasteiger partial charge >= 0.3 is 13.7 Å². The van der Waals surface area contributed by atoms with Crippen LogP contribution in [0.2, 0.25) is 0 Å². The number of hydrogen-bond donors (Lipinski definition) is 0. The fourth-order valence-electron chi connectivity index (χ4n) is 13.3. The van der Waals surface area contributed by atoms with Crippen molar-refractivity contribution in [1.82, 2.24) is 8.96 Å². The summed E-state index contributed by atoms with van der Waals surface area (Å²) in [6.45, 7) is -0.326. The molecule has 8 heteroatoms. The summed E-state index contributed by atoms with van der Waals surface area (Å²) >= 11 is 0. The van der Waals surface area contributed by atoms with Crippen molar-refractivity contribution in [1.29, 1.82) is 0 Å². The van der Waals surface area contributed by atoms with Crippen molar-refractivity contribution in [3.8, 4) is 45.3 Å². The highest BCUT2D eigenvalue weighted by Gasteiger charge is 2.47. The molecule has 74 heavy (non-hydrogen) atoms. The Morgan fingerprint density at radius 3 is 1.38 bits per heavy atom. The van der Waals surface area contributed by atoms with Gasteiger partial charge in [-0.25, -0.2) is 0 Å². The first-order valence-electron chi connectivity index (χ1n) is 25.5. The van der Waals surface area contributed by atoms with E-state index in [0.717, 1.165) is 73.6 Å². The second-order valence-corrected chi connectivity index (χ2v) is 19.9. The molecule has 0 amide bonds. The molecule has 0 bridgehead atoms. The Hall–Kier alpha value is -9.65. The number of aromatic nitrogens is 2. The minimum atomic E-state index is -0.201. The average Bonchev–Trinajstić information content (AvgIpc) is 4.17. The van der Waals surface area contributed by atoms with Crippen LogP contribution in [0.3, 0.4) is 0 Å². The maximum absolute atomic E-state index is 7.27. The normalized spacial score (nSPS) is 13.0.